The van der Waals surface area contributed by atoms with Gasteiger partial charge in [-0.25, -0.2) is 0 Å². The highest BCUT2D eigenvalue weighted by molar-refractivity contribution is 7.10. The highest BCUT2D eigenvalue weighted by Crippen LogP contribution is 2.31. The van der Waals surface area contributed by atoms with Gasteiger partial charge in [0.25, 0.3) is 0 Å². The molecule has 4 heteroatoms. The molecule has 0 radical (unpaired) electrons. The fourth-order valence-electron chi connectivity index (χ4n) is 1.29. The molecule has 1 rings (SSSR count). The highest BCUT2D eigenvalue weighted by atomic mass is 32.1. The summed E-state index contributed by atoms with van der Waals surface area (Å²) < 4.78 is 5.91. The van der Waals surface area contributed by atoms with Crippen molar-refractivity contribution in [3.8, 4) is 6.07 Å². The maximum absolute atomic E-state index is 9.17. The number of hydrogen-bond acceptors (Lipinski definition) is 3. The van der Waals surface area contributed by atoms with E-state index in [2.05, 4.69) is 25.7 Å². The zero-order valence-corrected chi connectivity index (χ0v) is 10.8. The molecule has 0 aliphatic carbocycles. The minimum Gasteiger partial charge on any atom is -0.396 e. The Labute approximate surface area is 90.3 Å². The highest BCUT2D eigenvalue weighted by Gasteiger charge is 2.34. The zero-order chi connectivity index (χ0) is 10.8. The standard InChI is InChI=1S/C10H15NOSSi/c1-10(8-11,12-14(2,3)4)9-6-5-7-13-9/h5-7H,1-4H3/t10-/m1/s1. The van der Waals surface area contributed by atoms with Crippen LogP contribution in [-0.2, 0) is 10.0 Å². The molecule has 2 nitrogen and oxygen atoms in total. The Hall–Kier alpha value is -0.633. The normalized spacial score (nSPS) is 15.9. The summed E-state index contributed by atoms with van der Waals surface area (Å²) in [5, 5.41) is 11.1. The summed E-state index contributed by atoms with van der Waals surface area (Å²) in [5.74, 6) is 0. The summed E-state index contributed by atoms with van der Waals surface area (Å²) in [5.41, 5.74) is -0.765. The van der Waals surface area contributed by atoms with Crippen molar-refractivity contribution in [2.24, 2.45) is 0 Å². The van der Waals surface area contributed by atoms with Gasteiger partial charge in [0.1, 0.15) is 6.07 Å². The molecule has 76 valence electrons. The van der Waals surface area contributed by atoms with Gasteiger partial charge in [0, 0.05) is 4.88 Å². The lowest BCUT2D eigenvalue weighted by Crippen LogP contribution is -2.37. The van der Waals surface area contributed by atoms with E-state index in [0.29, 0.717) is 0 Å². The van der Waals surface area contributed by atoms with Crippen LogP contribution >= 0.6 is 11.3 Å². The van der Waals surface area contributed by atoms with Crippen molar-refractivity contribution < 1.29 is 4.43 Å². The van der Waals surface area contributed by atoms with Gasteiger partial charge in [-0.05, 0) is 38.0 Å². The second kappa shape index (κ2) is 3.85. The quantitative estimate of drug-likeness (QED) is 0.739. The van der Waals surface area contributed by atoms with Crippen LogP contribution in [0.25, 0.3) is 0 Å². The summed E-state index contributed by atoms with van der Waals surface area (Å²) in [6, 6.07) is 6.16. The third-order valence-electron chi connectivity index (χ3n) is 1.72. The summed E-state index contributed by atoms with van der Waals surface area (Å²) in [6.45, 7) is 8.12. The van der Waals surface area contributed by atoms with Crippen LogP contribution in [0, 0.1) is 11.3 Å². The van der Waals surface area contributed by atoms with Crippen LogP contribution in [0.1, 0.15) is 11.8 Å². The third-order valence-corrected chi connectivity index (χ3v) is 3.81. The van der Waals surface area contributed by atoms with E-state index in [9.17, 15) is 5.26 Å². The molecule has 0 amide bonds. The van der Waals surface area contributed by atoms with E-state index >= 15 is 0 Å². The minimum atomic E-state index is -1.69. The molecule has 0 aromatic carbocycles. The van der Waals surface area contributed by atoms with Crippen LogP contribution in [0.3, 0.4) is 0 Å². The smallest absolute Gasteiger partial charge is 0.186 e. The van der Waals surface area contributed by atoms with E-state index in [1.807, 2.05) is 24.4 Å². The molecule has 0 bridgehead atoms. The van der Waals surface area contributed by atoms with E-state index in [0.717, 1.165) is 4.88 Å². The van der Waals surface area contributed by atoms with Crippen LogP contribution in [0.4, 0.5) is 0 Å². The number of hydrogen-bond donors (Lipinski definition) is 0. The average molecular weight is 225 g/mol. The predicted octanol–water partition coefficient (Wildman–Crippen LogP) is 3.34. The van der Waals surface area contributed by atoms with Gasteiger partial charge in [-0.3, -0.25) is 0 Å². The van der Waals surface area contributed by atoms with Crippen LogP contribution in [-0.4, -0.2) is 8.32 Å². The average Bonchev–Trinajstić information content (AvgIpc) is 2.53. The Kier molecular flexibility index (Phi) is 3.15. The van der Waals surface area contributed by atoms with E-state index in [1.165, 1.54) is 0 Å². The lowest BCUT2D eigenvalue weighted by molar-refractivity contribution is 0.145. The summed E-state index contributed by atoms with van der Waals surface area (Å²) >= 11 is 1.57. The molecule has 0 saturated heterocycles. The molecule has 0 spiro atoms. The largest absolute Gasteiger partial charge is 0.396 e. The van der Waals surface area contributed by atoms with Crippen molar-refractivity contribution in [2.75, 3.05) is 0 Å². The lowest BCUT2D eigenvalue weighted by atomic mass is 10.1. The van der Waals surface area contributed by atoms with Gasteiger partial charge in [-0.15, -0.1) is 11.3 Å². The molecule has 0 aliphatic rings. The Morgan fingerprint density at radius 2 is 2.14 bits per heavy atom. The molecule has 1 aromatic heterocycles. The molecular weight excluding hydrogens is 210 g/mol. The third kappa shape index (κ3) is 2.68. The second-order valence-corrected chi connectivity index (χ2v) is 9.71. The molecule has 1 heterocycles. The van der Waals surface area contributed by atoms with Crippen molar-refractivity contribution in [2.45, 2.75) is 32.2 Å². The van der Waals surface area contributed by atoms with Gasteiger partial charge in [0.15, 0.2) is 13.9 Å². The topological polar surface area (TPSA) is 33.0 Å². The number of nitriles is 1. The number of thiophene rings is 1. The summed E-state index contributed by atoms with van der Waals surface area (Å²) in [6.07, 6.45) is 0. The number of nitrogens with zero attached hydrogens (tertiary/aromatic N) is 1. The fraction of sp³-hybridized carbons (Fsp3) is 0.500. The molecule has 1 atom stereocenters. The van der Waals surface area contributed by atoms with Crippen LogP contribution in [0.2, 0.25) is 19.6 Å². The summed E-state index contributed by atoms with van der Waals surface area (Å²) in [7, 11) is -1.69. The molecular formula is C10H15NOSSi. The van der Waals surface area contributed by atoms with Gasteiger partial charge in [-0.2, -0.15) is 5.26 Å². The van der Waals surface area contributed by atoms with Crippen molar-refractivity contribution in [3.05, 3.63) is 22.4 Å². The molecule has 0 aliphatic heterocycles. The van der Waals surface area contributed by atoms with E-state index < -0.39 is 13.9 Å². The van der Waals surface area contributed by atoms with Crippen LogP contribution in [0.15, 0.2) is 17.5 Å². The molecule has 0 fully saturated rings. The van der Waals surface area contributed by atoms with Crippen molar-refractivity contribution >= 4 is 19.7 Å². The first-order valence-corrected chi connectivity index (χ1v) is 8.81. The van der Waals surface area contributed by atoms with E-state index in [-0.39, 0.29) is 0 Å². The second-order valence-electron chi connectivity index (χ2n) is 4.34. The SMILES string of the molecule is C[C@](C#N)(O[Si](C)(C)C)c1cccs1. The zero-order valence-electron chi connectivity index (χ0n) is 9.00. The first-order valence-electron chi connectivity index (χ1n) is 4.53. The first kappa shape index (κ1) is 11.4. The van der Waals surface area contributed by atoms with Crippen molar-refractivity contribution in [1.82, 2.24) is 0 Å². The van der Waals surface area contributed by atoms with Crippen molar-refractivity contribution in [1.29, 1.82) is 5.26 Å². The predicted molar refractivity (Wildman–Crippen MR) is 61.7 cm³/mol. The maximum atomic E-state index is 9.17. The lowest BCUT2D eigenvalue weighted by Gasteiger charge is -2.29. The Balaban J connectivity index is 2.95. The van der Waals surface area contributed by atoms with Gasteiger partial charge >= 0.3 is 0 Å². The van der Waals surface area contributed by atoms with Gasteiger partial charge < -0.3 is 4.43 Å². The molecule has 14 heavy (non-hydrogen) atoms. The van der Waals surface area contributed by atoms with Crippen molar-refractivity contribution in [3.63, 3.8) is 0 Å². The van der Waals surface area contributed by atoms with E-state index in [1.54, 1.807) is 11.3 Å². The first-order chi connectivity index (χ1) is 6.37. The Morgan fingerprint density at radius 3 is 2.50 bits per heavy atom. The summed E-state index contributed by atoms with van der Waals surface area (Å²) in [4.78, 5) is 0.988. The monoisotopic (exact) mass is 225 g/mol. The van der Waals surface area contributed by atoms with Crippen LogP contribution in [0.5, 0.6) is 0 Å². The maximum Gasteiger partial charge on any atom is 0.186 e. The van der Waals surface area contributed by atoms with Gasteiger partial charge in [0.2, 0.25) is 0 Å². The van der Waals surface area contributed by atoms with Gasteiger partial charge in [0.05, 0.1) is 0 Å². The molecule has 1 aromatic rings. The molecule has 0 unspecified atom stereocenters. The Morgan fingerprint density at radius 1 is 1.50 bits per heavy atom. The van der Waals surface area contributed by atoms with Gasteiger partial charge in [-0.1, -0.05) is 6.07 Å². The minimum absolute atomic E-state index is 0.765. The fourth-order valence-corrected chi connectivity index (χ4v) is 3.52. The van der Waals surface area contributed by atoms with E-state index in [4.69, 9.17) is 4.43 Å². The molecule has 0 N–H and O–H groups in total. The molecule has 0 saturated carbocycles. The van der Waals surface area contributed by atoms with Crippen LogP contribution < -0.4 is 0 Å². The number of rotatable bonds is 3. The Bertz CT molecular complexity index is 336.